The van der Waals surface area contributed by atoms with E-state index in [9.17, 15) is 4.79 Å². The van der Waals surface area contributed by atoms with Crippen LogP contribution in [-0.4, -0.2) is 53.5 Å². The van der Waals surface area contributed by atoms with Crippen LogP contribution in [0.15, 0.2) is 0 Å². The van der Waals surface area contributed by atoms with Crippen molar-refractivity contribution in [3.8, 4) is 0 Å². The van der Waals surface area contributed by atoms with Crippen molar-refractivity contribution in [1.82, 2.24) is 14.7 Å². The number of aryl methyl sites for hydroxylation is 1. The van der Waals surface area contributed by atoms with Gasteiger partial charge in [-0.05, 0) is 39.5 Å². The van der Waals surface area contributed by atoms with Crippen molar-refractivity contribution in [2.24, 2.45) is 5.92 Å². The topological polar surface area (TPSA) is 56.6 Å². The Kier molecular flexibility index (Phi) is 5.25. The van der Waals surface area contributed by atoms with E-state index in [1.54, 1.807) is 7.11 Å². The molecule has 0 saturated carbocycles. The van der Waals surface area contributed by atoms with Gasteiger partial charge in [0.2, 0.25) is 0 Å². The largest absolute Gasteiger partial charge is 0.384 e. The van der Waals surface area contributed by atoms with E-state index in [1.165, 1.54) is 0 Å². The molecule has 3 heterocycles. The first-order valence-electron chi connectivity index (χ1n) is 9.08. The molecule has 6 nitrogen and oxygen atoms in total. The predicted octanol–water partition coefficient (Wildman–Crippen LogP) is 2.42. The maximum Gasteiger partial charge on any atom is 0.272 e. The van der Waals surface area contributed by atoms with Crippen molar-refractivity contribution in [1.29, 1.82) is 0 Å². The number of amides is 1. The van der Waals surface area contributed by atoms with Gasteiger partial charge in [-0.25, -0.2) is 0 Å². The molecule has 0 aliphatic carbocycles. The summed E-state index contributed by atoms with van der Waals surface area (Å²) >= 11 is 0. The Balaban J connectivity index is 1.83. The molecule has 0 aromatic carbocycles. The normalized spacial score (nSPS) is 24.9. The molecule has 6 heteroatoms. The van der Waals surface area contributed by atoms with E-state index < -0.39 is 0 Å². The molecule has 2 aliphatic rings. The maximum absolute atomic E-state index is 13.2. The standard InChI is InChI=1S/C18H29N3O3/c1-5-21-17(15-10-12(2)24-13(3)16(15)19-21)18(22)20-8-6-14(7-9-20)11-23-4/h12-14H,5-11H2,1-4H3/t12-,13+/m0/s1. The zero-order chi connectivity index (χ0) is 17.3. The van der Waals surface area contributed by atoms with E-state index in [0.29, 0.717) is 12.5 Å². The molecule has 1 amide bonds. The molecule has 0 bridgehead atoms. The minimum absolute atomic E-state index is 0.0458. The summed E-state index contributed by atoms with van der Waals surface area (Å²) in [5.41, 5.74) is 2.80. The highest BCUT2D eigenvalue weighted by atomic mass is 16.5. The first kappa shape index (κ1) is 17.4. The Morgan fingerprint density at radius 1 is 1.33 bits per heavy atom. The smallest absolute Gasteiger partial charge is 0.272 e. The van der Waals surface area contributed by atoms with Gasteiger partial charge in [0, 0.05) is 45.3 Å². The van der Waals surface area contributed by atoms with E-state index >= 15 is 0 Å². The van der Waals surface area contributed by atoms with Gasteiger partial charge < -0.3 is 14.4 Å². The average Bonchev–Trinajstić information content (AvgIpc) is 2.94. The Morgan fingerprint density at radius 3 is 2.67 bits per heavy atom. The number of ether oxygens (including phenoxy) is 2. The minimum atomic E-state index is -0.0458. The van der Waals surface area contributed by atoms with Crippen LogP contribution < -0.4 is 0 Å². The predicted molar refractivity (Wildman–Crippen MR) is 91.1 cm³/mol. The third kappa shape index (κ3) is 3.22. The SMILES string of the molecule is CCn1nc2c(c1C(=O)N1CCC(COC)CC1)C[C@H](C)O[C@@H]2C. The van der Waals surface area contributed by atoms with Crippen LogP contribution in [-0.2, 0) is 22.4 Å². The van der Waals surface area contributed by atoms with E-state index in [-0.39, 0.29) is 18.1 Å². The van der Waals surface area contributed by atoms with Crippen molar-refractivity contribution in [2.75, 3.05) is 26.8 Å². The molecule has 0 unspecified atom stereocenters. The van der Waals surface area contributed by atoms with E-state index in [4.69, 9.17) is 9.47 Å². The fraction of sp³-hybridized carbons (Fsp3) is 0.778. The number of carbonyl (C=O) groups excluding carboxylic acids is 1. The Bertz CT molecular complexity index is 591. The second-order valence-corrected chi connectivity index (χ2v) is 7.01. The van der Waals surface area contributed by atoms with E-state index in [0.717, 1.165) is 55.9 Å². The molecule has 2 aliphatic heterocycles. The van der Waals surface area contributed by atoms with Crippen molar-refractivity contribution in [3.63, 3.8) is 0 Å². The van der Waals surface area contributed by atoms with Crippen LogP contribution in [0.3, 0.4) is 0 Å². The van der Waals surface area contributed by atoms with Gasteiger partial charge in [0.25, 0.3) is 5.91 Å². The summed E-state index contributed by atoms with van der Waals surface area (Å²) in [7, 11) is 1.74. The first-order chi connectivity index (χ1) is 11.5. The third-order valence-corrected chi connectivity index (χ3v) is 5.20. The van der Waals surface area contributed by atoms with Crippen LogP contribution >= 0.6 is 0 Å². The summed E-state index contributed by atoms with van der Waals surface area (Å²) in [5.74, 6) is 0.695. The fourth-order valence-corrected chi connectivity index (χ4v) is 3.95. The van der Waals surface area contributed by atoms with Crippen molar-refractivity contribution >= 4 is 5.91 Å². The number of aromatic nitrogens is 2. The number of hydrogen-bond acceptors (Lipinski definition) is 4. The number of methoxy groups -OCH3 is 1. The summed E-state index contributed by atoms with van der Waals surface area (Å²) in [6, 6.07) is 0. The van der Waals surface area contributed by atoms with E-state index in [1.807, 2.05) is 23.4 Å². The van der Waals surface area contributed by atoms with Crippen molar-refractivity contribution in [2.45, 2.75) is 58.8 Å². The first-order valence-corrected chi connectivity index (χ1v) is 9.08. The molecule has 1 aromatic heterocycles. The second kappa shape index (κ2) is 7.23. The van der Waals surface area contributed by atoms with Gasteiger partial charge in [0.15, 0.2) is 0 Å². The summed E-state index contributed by atoms with van der Waals surface area (Å²) in [4.78, 5) is 15.2. The van der Waals surface area contributed by atoms with E-state index in [2.05, 4.69) is 12.0 Å². The summed E-state index contributed by atoms with van der Waals surface area (Å²) < 4.78 is 13.0. The van der Waals surface area contributed by atoms with Crippen molar-refractivity contribution in [3.05, 3.63) is 17.0 Å². The molecule has 1 saturated heterocycles. The number of piperidine rings is 1. The van der Waals surface area contributed by atoms with Crippen LogP contribution in [0.2, 0.25) is 0 Å². The third-order valence-electron chi connectivity index (χ3n) is 5.20. The molecule has 0 spiro atoms. The van der Waals surface area contributed by atoms with Gasteiger partial charge in [-0.1, -0.05) is 0 Å². The molecular formula is C18H29N3O3. The lowest BCUT2D eigenvalue weighted by Crippen LogP contribution is -2.40. The molecule has 134 valence electrons. The quantitative estimate of drug-likeness (QED) is 0.848. The number of hydrogen-bond donors (Lipinski definition) is 0. The zero-order valence-corrected chi connectivity index (χ0v) is 15.2. The number of likely N-dealkylation sites (tertiary alicyclic amines) is 1. The summed E-state index contributed by atoms with van der Waals surface area (Å²) in [6.45, 7) is 9.22. The highest BCUT2D eigenvalue weighted by Gasteiger charge is 2.34. The molecule has 1 aromatic rings. The van der Waals surface area contributed by atoms with Gasteiger partial charge in [-0.2, -0.15) is 5.10 Å². The number of nitrogens with zero attached hydrogens (tertiary/aromatic N) is 3. The van der Waals surface area contributed by atoms with Gasteiger partial charge in [-0.15, -0.1) is 0 Å². The number of fused-ring (bicyclic) bond motifs is 1. The lowest BCUT2D eigenvalue weighted by Gasteiger charge is -2.32. The molecule has 2 atom stereocenters. The van der Waals surface area contributed by atoms with Crippen LogP contribution in [0, 0.1) is 5.92 Å². The molecule has 24 heavy (non-hydrogen) atoms. The molecular weight excluding hydrogens is 306 g/mol. The Labute approximate surface area is 144 Å². The molecule has 1 fully saturated rings. The monoisotopic (exact) mass is 335 g/mol. The Morgan fingerprint density at radius 2 is 2.04 bits per heavy atom. The zero-order valence-electron chi connectivity index (χ0n) is 15.2. The van der Waals surface area contributed by atoms with Gasteiger partial charge in [0.1, 0.15) is 5.69 Å². The second-order valence-electron chi connectivity index (χ2n) is 7.01. The fourth-order valence-electron chi connectivity index (χ4n) is 3.95. The molecule has 0 N–H and O–H groups in total. The maximum atomic E-state index is 13.2. The van der Waals surface area contributed by atoms with Crippen LogP contribution in [0.25, 0.3) is 0 Å². The lowest BCUT2D eigenvalue weighted by atomic mass is 9.96. The minimum Gasteiger partial charge on any atom is -0.384 e. The molecule has 3 rings (SSSR count). The summed E-state index contributed by atoms with van der Waals surface area (Å²) in [5, 5.41) is 4.67. The van der Waals surface area contributed by atoms with Crippen molar-refractivity contribution < 1.29 is 14.3 Å². The van der Waals surface area contributed by atoms with Crippen LogP contribution in [0.1, 0.15) is 61.5 Å². The molecule has 0 radical (unpaired) electrons. The number of carbonyl (C=O) groups is 1. The highest BCUT2D eigenvalue weighted by molar-refractivity contribution is 5.94. The summed E-state index contributed by atoms with van der Waals surface area (Å²) in [6.07, 6.45) is 2.87. The van der Waals surface area contributed by atoms with Crippen LogP contribution in [0.5, 0.6) is 0 Å². The van der Waals surface area contributed by atoms with Gasteiger partial charge >= 0.3 is 0 Å². The van der Waals surface area contributed by atoms with Crippen LogP contribution in [0.4, 0.5) is 0 Å². The lowest BCUT2D eigenvalue weighted by molar-refractivity contribution is -0.00718. The number of rotatable bonds is 4. The average molecular weight is 335 g/mol. The van der Waals surface area contributed by atoms with Gasteiger partial charge in [-0.3, -0.25) is 9.48 Å². The Hall–Kier alpha value is -1.40. The highest BCUT2D eigenvalue weighted by Crippen LogP contribution is 2.32. The van der Waals surface area contributed by atoms with Gasteiger partial charge in [0.05, 0.1) is 17.9 Å².